The van der Waals surface area contributed by atoms with Gasteiger partial charge in [-0.1, -0.05) is 48.5 Å². The summed E-state index contributed by atoms with van der Waals surface area (Å²) in [5, 5.41) is 0. The first-order valence-electron chi connectivity index (χ1n) is 10.4. The van der Waals surface area contributed by atoms with Gasteiger partial charge in [-0.2, -0.15) is 0 Å². The molecule has 1 aliphatic rings. The minimum absolute atomic E-state index is 0.0970. The molecule has 162 valence electrons. The van der Waals surface area contributed by atoms with E-state index in [0.717, 1.165) is 25.1 Å². The van der Waals surface area contributed by atoms with Crippen molar-refractivity contribution in [1.82, 2.24) is 4.90 Å². The number of nitrogens with zero attached hydrogens (tertiary/aromatic N) is 1. The van der Waals surface area contributed by atoms with E-state index in [0.29, 0.717) is 17.9 Å². The smallest absolute Gasteiger partial charge is 0.310 e. The van der Waals surface area contributed by atoms with Gasteiger partial charge < -0.3 is 9.64 Å². The molecule has 30 heavy (non-hydrogen) atoms. The lowest BCUT2D eigenvalue weighted by Crippen LogP contribution is -2.33. The summed E-state index contributed by atoms with van der Waals surface area (Å²) in [5.74, 6) is -0.281. The van der Waals surface area contributed by atoms with Crippen LogP contribution in [0, 0.1) is 5.92 Å². The van der Waals surface area contributed by atoms with Gasteiger partial charge in [0.15, 0.2) is 9.84 Å². The minimum atomic E-state index is -3.41. The second kappa shape index (κ2) is 9.31. The Bertz CT molecular complexity index is 942. The Hall–Kier alpha value is -2.18. The third-order valence-corrected chi connectivity index (χ3v) is 8.71. The summed E-state index contributed by atoms with van der Waals surface area (Å²) < 4.78 is 30.2. The van der Waals surface area contributed by atoms with Gasteiger partial charge in [-0.25, -0.2) is 8.42 Å². The average Bonchev–Trinajstić information content (AvgIpc) is 3.18. The number of ether oxygens (including phenoxy) is 1. The van der Waals surface area contributed by atoms with Crippen LogP contribution in [0.5, 0.6) is 0 Å². The van der Waals surface area contributed by atoms with Crippen LogP contribution >= 0.6 is 0 Å². The van der Waals surface area contributed by atoms with E-state index in [4.69, 9.17) is 4.74 Å². The molecule has 2 unspecified atom stereocenters. The van der Waals surface area contributed by atoms with Crippen molar-refractivity contribution in [3.05, 3.63) is 66.2 Å². The molecule has 0 radical (unpaired) electrons. The van der Waals surface area contributed by atoms with Gasteiger partial charge in [0.2, 0.25) is 0 Å². The molecule has 1 aliphatic heterocycles. The third kappa shape index (κ3) is 4.76. The van der Waals surface area contributed by atoms with Crippen LogP contribution in [0.15, 0.2) is 65.6 Å². The number of esters is 1. The summed E-state index contributed by atoms with van der Waals surface area (Å²) in [7, 11) is -1.97. The highest BCUT2D eigenvalue weighted by molar-refractivity contribution is 7.92. The lowest BCUT2D eigenvalue weighted by Gasteiger charge is -2.26. The lowest BCUT2D eigenvalue weighted by molar-refractivity contribution is -0.145. The molecule has 0 aromatic heterocycles. The molecule has 0 aliphatic carbocycles. The Morgan fingerprint density at radius 3 is 2.23 bits per heavy atom. The van der Waals surface area contributed by atoms with Gasteiger partial charge in [-0.3, -0.25) is 4.79 Å². The van der Waals surface area contributed by atoms with Crippen molar-refractivity contribution in [2.24, 2.45) is 5.92 Å². The van der Waals surface area contributed by atoms with E-state index in [1.165, 1.54) is 7.11 Å². The molecule has 0 saturated carbocycles. The highest BCUT2D eigenvalue weighted by atomic mass is 32.2. The molecule has 1 saturated heterocycles. The Balaban J connectivity index is 1.64. The molecule has 0 amide bonds. The van der Waals surface area contributed by atoms with Crippen molar-refractivity contribution in [1.29, 1.82) is 0 Å². The Morgan fingerprint density at radius 2 is 1.63 bits per heavy atom. The molecule has 6 heteroatoms. The maximum Gasteiger partial charge on any atom is 0.310 e. The number of hydrogen-bond donors (Lipinski definition) is 0. The molecule has 1 heterocycles. The number of carbonyl (C=O) groups excluding carboxylic acids is 1. The highest BCUT2D eigenvalue weighted by Crippen LogP contribution is 2.34. The number of methoxy groups -OCH3 is 1. The summed E-state index contributed by atoms with van der Waals surface area (Å²) in [5.41, 5.74) is 1.14. The first-order valence-corrected chi connectivity index (χ1v) is 11.9. The van der Waals surface area contributed by atoms with Crippen molar-refractivity contribution >= 4 is 15.8 Å². The van der Waals surface area contributed by atoms with Crippen LogP contribution in [0.2, 0.25) is 0 Å². The summed E-state index contributed by atoms with van der Waals surface area (Å²) in [6, 6.07) is 18.7. The van der Waals surface area contributed by atoms with Gasteiger partial charge in [-0.05, 0) is 50.9 Å². The number of likely N-dealkylation sites (tertiary alicyclic amines) is 1. The summed E-state index contributed by atoms with van der Waals surface area (Å²) in [4.78, 5) is 15.0. The maximum atomic E-state index is 13.0. The first kappa shape index (κ1) is 22.5. The van der Waals surface area contributed by atoms with E-state index >= 15 is 0 Å². The molecule has 5 nitrogen and oxygen atoms in total. The number of hydrogen-bond acceptors (Lipinski definition) is 5. The molecule has 2 atom stereocenters. The predicted molar refractivity (Wildman–Crippen MR) is 118 cm³/mol. The topological polar surface area (TPSA) is 63.7 Å². The van der Waals surface area contributed by atoms with Crippen molar-refractivity contribution in [3.8, 4) is 0 Å². The second-order valence-corrected chi connectivity index (χ2v) is 11.2. The van der Waals surface area contributed by atoms with Gasteiger partial charge in [0.25, 0.3) is 0 Å². The fraction of sp³-hybridized carbons (Fsp3) is 0.458. The molecule has 1 fully saturated rings. The fourth-order valence-corrected chi connectivity index (χ4v) is 5.84. The molecule has 0 bridgehead atoms. The van der Waals surface area contributed by atoms with Crippen LogP contribution in [-0.2, 0) is 19.4 Å². The van der Waals surface area contributed by atoms with Crippen LogP contribution in [0.25, 0.3) is 0 Å². The molecule has 0 N–H and O–H groups in total. The highest BCUT2D eigenvalue weighted by Gasteiger charge is 2.40. The van der Waals surface area contributed by atoms with Crippen LogP contribution in [0.4, 0.5) is 0 Å². The van der Waals surface area contributed by atoms with Crippen molar-refractivity contribution in [2.45, 2.75) is 42.2 Å². The Morgan fingerprint density at radius 1 is 1.03 bits per heavy atom. The van der Waals surface area contributed by atoms with E-state index in [9.17, 15) is 13.2 Å². The third-order valence-electron chi connectivity index (χ3n) is 6.16. The fourth-order valence-electron chi connectivity index (χ4n) is 4.28. The van der Waals surface area contributed by atoms with E-state index in [-0.39, 0.29) is 17.8 Å². The van der Waals surface area contributed by atoms with Gasteiger partial charge in [-0.15, -0.1) is 0 Å². The second-order valence-electron chi connectivity index (χ2n) is 8.59. The normalized spacial score (nSPS) is 20.2. The van der Waals surface area contributed by atoms with Gasteiger partial charge in [0.1, 0.15) is 0 Å². The Kier molecular flexibility index (Phi) is 6.98. The molecule has 0 spiro atoms. The molecular formula is C24H31NO4S. The van der Waals surface area contributed by atoms with Crippen LogP contribution in [0.3, 0.4) is 0 Å². The lowest BCUT2D eigenvalue weighted by atomic mass is 9.89. The van der Waals surface area contributed by atoms with Crippen molar-refractivity contribution in [2.75, 3.05) is 26.7 Å². The van der Waals surface area contributed by atoms with E-state index in [1.807, 2.05) is 24.3 Å². The molecular weight excluding hydrogens is 398 g/mol. The van der Waals surface area contributed by atoms with Crippen molar-refractivity contribution in [3.63, 3.8) is 0 Å². The Labute approximate surface area is 180 Å². The number of rotatable bonds is 8. The molecule has 2 aromatic carbocycles. The summed E-state index contributed by atoms with van der Waals surface area (Å²) in [6.07, 6.45) is 1.30. The number of sulfone groups is 1. The van der Waals surface area contributed by atoms with E-state index in [2.05, 4.69) is 17.0 Å². The SMILES string of the molecule is COC(=O)C1CN(CCCC(C)(C)S(=O)(=O)c2ccccc2)CC1c1ccccc1. The number of carbonyl (C=O) groups is 1. The monoisotopic (exact) mass is 429 g/mol. The van der Waals surface area contributed by atoms with Gasteiger partial charge in [0, 0.05) is 19.0 Å². The zero-order valence-corrected chi connectivity index (χ0v) is 18.8. The minimum Gasteiger partial charge on any atom is -0.469 e. The largest absolute Gasteiger partial charge is 0.469 e. The maximum absolute atomic E-state index is 13.0. The van der Waals surface area contributed by atoms with Crippen molar-refractivity contribution < 1.29 is 17.9 Å². The van der Waals surface area contributed by atoms with Crippen LogP contribution < -0.4 is 0 Å². The van der Waals surface area contributed by atoms with E-state index < -0.39 is 14.6 Å². The van der Waals surface area contributed by atoms with Crippen LogP contribution in [0.1, 0.15) is 38.2 Å². The zero-order chi connectivity index (χ0) is 21.8. The summed E-state index contributed by atoms with van der Waals surface area (Å²) in [6.45, 7) is 5.75. The van der Waals surface area contributed by atoms with Crippen LogP contribution in [-0.4, -0.2) is 50.8 Å². The summed E-state index contributed by atoms with van der Waals surface area (Å²) >= 11 is 0. The number of benzene rings is 2. The zero-order valence-electron chi connectivity index (χ0n) is 18.0. The standard InChI is InChI=1S/C24H31NO4S/c1-24(2,30(27,28)20-13-8-5-9-14-20)15-10-16-25-17-21(19-11-6-4-7-12-19)22(18-25)23(26)29-3/h4-9,11-14,21-22H,10,15-18H2,1-3H3. The van der Waals surface area contributed by atoms with E-state index in [1.54, 1.807) is 38.1 Å². The molecule has 3 rings (SSSR count). The predicted octanol–water partition coefficient (Wildman–Crippen LogP) is 3.91. The average molecular weight is 430 g/mol. The first-order chi connectivity index (χ1) is 14.3. The van der Waals surface area contributed by atoms with Gasteiger partial charge in [0.05, 0.1) is 22.7 Å². The van der Waals surface area contributed by atoms with Gasteiger partial charge >= 0.3 is 5.97 Å². The quantitative estimate of drug-likeness (QED) is 0.596. The molecule has 2 aromatic rings.